The second-order valence-electron chi connectivity index (χ2n) is 5.07. The van der Waals surface area contributed by atoms with Crippen molar-refractivity contribution in [2.75, 3.05) is 17.2 Å². The van der Waals surface area contributed by atoms with Crippen LogP contribution in [0, 0.1) is 11.3 Å². The third-order valence-corrected chi connectivity index (χ3v) is 3.07. The van der Waals surface area contributed by atoms with Crippen LogP contribution in [0.4, 0.5) is 11.4 Å². The Hall–Kier alpha value is -3.33. The summed E-state index contributed by atoms with van der Waals surface area (Å²) in [5, 5.41) is 14.0. The van der Waals surface area contributed by atoms with Gasteiger partial charge in [0.1, 0.15) is 5.75 Å². The summed E-state index contributed by atoms with van der Waals surface area (Å²) in [4.78, 5) is 22.8. The SMILES string of the molecule is CC(=O)Nc1ccc(NC(=O)COc2ccc(CC#N)cc2)cc1. The Morgan fingerprint density at radius 3 is 2.12 bits per heavy atom. The molecule has 2 aromatic carbocycles. The van der Waals surface area contributed by atoms with Crippen LogP contribution in [0.15, 0.2) is 48.5 Å². The first-order chi connectivity index (χ1) is 11.6. The van der Waals surface area contributed by atoms with Gasteiger partial charge in [-0.1, -0.05) is 12.1 Å². The zero-order chi connectivity index (χ0) is 17.4. The van der Waals surface area contributed by atoms with E-state index >= 15 is 0 Å². The Bertz CT molecular complexity index is 747. The molecule has 0 radical (unpaired) electrons. The third kappa shape index (κ3) is 5.46. The van der Waals surface area contributed by atoms with Crippen molar-refractivity contribution in [3.8, 4) is 11.8 Å². The van der Waals surface area contributed by atoms with Gasteiger partial charge in [0.2, 0.25) is 5.91 Å². The summed E-state index contributed by atoms with van der Waals surface area (Å²) in [6.45, 7) is 1.31. The number of carbonyl (C=O) groups excluding carboxylic acids is 2. The van der Waals surface area contributed by atoms with Crippen molar-refractivity contribution in [2.45, 2.75) is 13.3 Å². The van der Waals surface area contributed by atoms with Gasteiger partial charge in [-0.2, -0.15) is 5.26 Å². The molecule has 6 nitrogen and oxygen atoms in total. The summed E-state index contributed by atoms with van der Waals surface area (Å²) in [5.74, 6) is 0.122. The van der Waals surface area contributed by atoms with Gasteiger partial charge in [0, 0.05) is 18.3 Å². The van der Waals surface area contributed by atoms with E-state index in [4.69, 9.17) is 10.00 Å². The molecule has 0 saturated carbocycles. The molecule has 0 saturated heterocycles. The van der Waals surface area contributed by atoms with Crippen LogP contribution in [0.1, 0.15) is 12.5 Å². The van der Waals surface area contributed by atoms with Crippen LogP contribution < -0.4 is 15.4 Å². The minimum atomic E-state index is -0.289. The van der Waals surface area contributed by atoms with E-state index in [1.807, 2.05) is 0 Å². The van der Waals surface area contributed by atoms with E-state index in [0.29, 0.717) is 23.5 Å². The Labute approximate surface area is 140 Å². The topological polar surface area (TPSA) is 91.2 Å². The van der Waals surface area contributed by atoms with Crippen molar-refractivity contribution >= 4 is 23.2 Å². The number of nitriles is 1. The van der Waals surface area contributed by atoms with E-state index in [0.717, 1.165) is 5.56 Å². The Morgan fingerprint density at radius 1 is 1.00 bits per heavy atom. The first kappa shape index (κ1) is 17.0. The highest BCUT2D eigenvalue weighted by molar-refractivity contribution is 5.93. The highest BCUT2D eigenvalue weighted by Crippen LogP contribution is 2.15. The summed E-state index contributed by atoms with van der Waals surface area (Å²) in [6.07, 6.45) is 0.343. The van der Waals surface area contributed by atoms with Crippen LogP contribution in [-0.2, 0) is 16.0 Å². The number of anilines is 2. The van der Waals surface area contributed by atoms with Crippen molar-refractivity contribution in [3.05, 3.63) is 54.1 Å². The molecular weight excluding hydrogens is 306 g/mol. The number of nitrogens with one attached hydrogen (secondary N) is 2. The van der Waals surface area contributed by atoms with E-state index < -0.39 is 0 Å². The van der Waals surface area contributed by atoms with Gasteiger partial charge in [-0.25, -0.2) is 0 Å². The summed E-state index contributed by atoms with van der Waals surface area (Å²) >= 11 is 0. The molecule has 0 atom stereocenters. The molecule has 0 aliphatic heterocycles. The van der Waals surface area contributed by atoms with Gasteiger partial charge >= 0.3 is 0 Å². The molecule has 2 aromatic rings. The highest BCUT2D eigenvalue weighted by Gasteiger charge is 2.04. The molecule has 2 amide bonds. The maximum atomic E-state index is 11.9. The molecule has 0 bridgehead atoms. The second-order valence-corrected chi connectivity index (χ2v) is 5.07. The molecule has 6 heteroatoms. The van der Waals surface area contributed by atoms with E-state index in [-0.39, 0.29) is 18.4 Å². The lowest BCUT2D eigenvalue weighted by Crippen LogP contribution is -2.20. The van der Waals surface area contributed by atoms with Gasteiger partial charge in [0.25, 0.3) is 5.91 Å². The average Bonchev–Trinajstić information content (AvgIpc) is 2.56. The van der Waals surface area contributed by atoms with Gasteiger partial charge in [0.15, 0.2) is 6.61 Å². The second kappa shape index (κ2) is 8.34. The van der Waals surface area contributed by atoms with Crippen LogP contribution in [0.3, 0.4) is 0 Å². The number of rotatable bonds is 6. The number of hydrogen-bond donors (Lipinski definition) is 2. The van der Waals surface area contributed by atoms with Crippen molar-refractivity contribution < 1.29 is 14.3 Å². The number of benzene rings is 2. The van der Waals surface area contributed by atoms with Crippen molar-refractivity contribution in [3.63, 3.8) is 0 Å². The fraction of sp³-hybridized carbons (Fsp3) is 0.167. The fourth-order valence-electron chi connectivity index (χ4n) is 1.98. The molecular formula is C18H17N3O3. The molecule has 24 heavy (non-hydrogen) atoms. The molecule has 122 valence electrons. The van der Waals surface area contributed by atoms with Gasteiger partial charge in [-0.05, 0) is 42.0 Å². The lowest BCUT2D eigenvalue weighted by molar-refractivity contribution is -0.118. The number of carbonyl (C=O) groups is 2. The average molecular weight is 323 g/mol. The molecule has 0 aliphatic rings. The molecule has 2 N–H and O–H groups in total. The van der Waals surface area contributed by atoms with Crippen molar-refractivity contribution in [1.29, 1.82) is 5.26 Å². The predicted molar refractivity (Wildman–Crippen MR) is 90.6 cm³/mol. The normalized spacial score (nSPS) is 9.67. The maximum Gasteiger partial charge on any atom is 0.262 e. The zero-order valence-corrected chi connectivity index (χ0v) is 13.2. The Balaban J connectivity index is 1.82. The lowest BCUT2D eigenvalue weighted by Gasteiger charge is -2.09. The Morgan fingerprint density at radius 2 is 1.58 bits per heavy atom. The lowest BCUT2D eigenvalue weighted by atomic mass is 10.2. The quantitative estimate of drug-likeness (QED) is 0.855. The van der Waals surface area contributed by atoms with Crippen LogP contribution in [0.2, 0.25) is 0 Å². The predicted octanol–water partition coefficient (Wildman–Crippen LogP) is 2.73. The van der Waals surface area contributed by atoms with Gasteiger partial charge < -0.3 is 15.4 Å². The molecule has 0 heterocycles. The van der Waals surface area contributed by atoms with E-state index in [2.05, 4.69) is 16.7 Å². The minimum Gasteiger partial charge on any atom is -0.484 e. The van der Waals surface area contributed by atoms with E-state index in [1.54, 1.807) is 48.5 Å². The number of ether oxygens (including phenoxy) is 1. The molecule has 0 aliphatic carbocycles. The van der Waals surface area contributed by atoms with Crippen molar-refractivity contribution in [2.24, 2.45) is 0 Å². The summed E-state index contributed by atoms with van der Waals surface area (Å²) in [7, 11) is 0. The first-order valence-electron chi connectivity index (χ1n) is 7.33. The van der Waals surface area contributed by atoms with Gasteiger partial charge in [0.05, 0.1) is 12.5 Å². The van der Waals surface area contributed by atoms with Gasteiger partial charge in [-0.15, -0.1) is 0 Å². The van der Waals surface area contributed by atoms with Crippen LogP contribution in [0.5, 0.6) is 5.75 Å². The maximum absolute atomic E-state index is 11.9. The van der Waals surface area contributed by atoms with E-state index in [1.165, 1.54) is 6.92 Å². The number of amides is 2. The van der Waals surface area contributed by atoms with Crippen LogP contribution >= 0.6 is 0 Å². The summed E-state index contributed by atoms with van der Waals surface area (Å²) in [6, 6.07) is 15.9. The molecule has 0 unspecified atom stereocenters. The summed E-state index contributed by atoms with van der Waals surface area (Å²) in [5.41, 5.74) is 2.17. The summed E-state index contributed by atoms with van der Waals surface area (Å²) < 4.78 is 5.40. The largest absolute Gasteiger partial charge is 0.484 e. The van der Waals surface area contributed by atoms with Crippen LogP contribution in [0.25, 0.3) is 0 Å². The molecule has 0 fully saturated rings. The zero-order valence-electron chi connectivity index (χ0n) is 13.2. The smallest absolute Gasteiger partial charge is 0.262 e. The van der Waals surface area contributed by atoms with Gasteiger partial charge in [-0.3, -0.25) is 9.59 Å². The van der Waals surface area contributed by atoms with Crippen molar-refractivity contribution in [1.82, 2.24) is 0 Å². The Kier molecular flexibility index (Phi) is 5.92. The third-order valence-electron chi connectivity index (χ3n) is 3.07. The molecule has 2 rings (SSSR count). The van der Waals surface area contributed by atoms with Crippen LogP contribution in [-0.4, -0.2) is 18.4 Å². The molecule has 0 spiro atoms. The fourth-order valence-corrected chi connectivity index (χ4v) is 1.98. The molecule has 0 aromatic heterocycles. The standard InChI is InChI=1S/C18H17N3O3/c1-13(22)20-15-4-6-16(7-5-15)21-18(23)12-24-17-8-2-14(3-9-17)10-11-19/h2-9H,10,12H2,1H3,(H,20,22)(H,21,23). The number of hydrogen-bond acceptors (Lipinski definition) is 4. The minimum absolute atomic E-state index is 0.120. The number of nitrogens with zero attached hydrogens (tertiary/aromatic N) is 1. The van der Waals surface area contributed by atoms with E-state index in [9.17, 15) is 9.59 Å². The monoisotopic (exact) mass is 323 g/mol. The first-order valence-corrected chi connectivity index (χ1v) is 7.33. The highest BCUT2D eigenvalue weighted by atomic mass is 16.5.